The van der Waals surface area contributed by atoms with Gasteiger partial charge in [0.05, 0.1) is 6.61 Å². The quantitative estimate of drug-likeness (QED) is 0.669. The predicted octanol–water partition coefficient (Wildman–Crippen LogP) is 1.50. The number of carboxylic acids is 1. The van der Waals surface area contributed by atoms with Gasteiger partial charge in [-0.1, -0.05) is 6.07 Å². The molecule has 1 unspecified atom stereocenters. The Hall–Kier alpha value is -1.93. The third-order valence-corrected chi connectivity index (χ3v) is 6.19. The van der Waals surface area contributed by atoms with E-state index in [1.54, 1.807) is 0 Å². The summed E-state index contributed by atoms with van der Waals surface area (Å²) in [5.41, 5.74) is 2.48. The van der Waals surface area contributed by atoms with E-state index in [0.29, 0.717) is 0 Å². The van der Waals surface area contributed by atoms with Gasteiger partial charge >= 0.3 is 5.97 Å². The molecule has 0 radical (unpaired) electrons. The highest BCUT2D eigenvalue weighted by Gasteiger charge is 2.32. The van der Waals surface area contributed by atoms with Gasteiger partial charge in [0.15, 0.2) is 0 Å². The van der Waals surface area contributed by atoms with E-state index in [-0.39, 0.29) is 6.61 Å². The minimum atomic E-state index is -0.819. The third-order valence-electron chi connectivity index (χ3n) is 6.19. The van der Waals surface area contributed by atoms with Crippen LogP contribution in [0.3, 0.4) is 0 Å². The van der Waals surface area contributed by atoms with Crippen LogP contribution in [-0.4, -0.2) is 88.2 Å². The molecule has 7 nitrogen and oxygen atoms in total. The Morgan fingerprint density at radius 1 is 1.04 bits per heavy atom. The molecule has 4 rings (SSSR count). The number of nitrogens with zero attached hydrogens (tertiary/aromatic N) is 3. The van der Waals surface area contributed by atoms with E-state index in [1.807, 2.05) is 24.4 Å². The van der Waals surface area contributed by atoms with Crippen LogP contribution in [0.2, 0.25) is 0 Å². The molecule has 0 bridgehead atoms. The Kier molecular flexibility index (Phi) is 5.96. The maximum absolute atomic E-state index is 12.2. The molecule has 2 aliphatic heterocycles. The van der Waals surface area contributed by atoms with Gasteiger partial charge in [0.25, 0.3) is 0 Å². The summed E-state index contributed by atoms with van der Waals surface area (Å²) in [4.78, 5) is 22.4. The molecule has 7 heteroatoms. The van der Waals surface area contributed by atoms with Crippen LogP contribution in [0, 0.1) is 0 Å². The number of aromatic amines is 1. The number of likely N-dealkylation sites (tertiary alicyclic amines) is 1. The first-order chi connectivity index (χ1) is 13.7. The van der Waals surface area contributed by atoms with Gasteiger partial charge in [-0.2, -0.15) is 0 Å². The molecule has 3 N–H and O–H groups in total. The van der Waals surface area contributed by atoms with E-state index in [0.717, 1.165) is 61.3 Å². The number of carbonyl (C=O) groups is 1. The first-order valence-electron chi connectivity index (χ1n) is 10.3. The number of H-pyrrole nitrogens is 1. The van der Waals surface area contributed by atoms with E-state index in [1.165, 1.54) is 25.9 Å². The van der Waals surface area contributed by atoms with Gasteiger partial charge in [-0.25, -0.2) is 0 Å². The zero-order valence-corrected chi connectivity index (χ0v) is 16.3. The van der Waals surface area contributed by atoms with E-state index >= 15 is 0 Å². The number of aromatic nitrogens is 1. The minimum absolute atomic E-state index is 0.0476. The summed E-state index contributed by atoms with van der Waals surface area (Å²) in [6.45, 7) is 7.90. The molecule has 0 saturated carbocycles. The van der Waals surface area contributed by atoms with Gasteiger partial charge in [0.1, 0.15) is 6.04 Å². The number of rotatable bonds is 7. The molecule has 152 valence electrons. The van der Waals surface area contributed by atoms with Gasteiger partial charge in [-0.05, 0) is 43.6 Å². The standard InChI is InChI=1S/C21H30N4O3/c26-15-16-3-4-19-17(13-16)18(14-22-19)20(21(27)28)25-11-9-24(10-12-25)8-7-23-5-1-2-6-23/h3-4,13-14,20,22,26H,1-2,5-12,15H2,(H,27,28). The summed E-state index contributed by atoms with van der Waals surface area (Å²) in [6.07, 6.45) is 4.44. The Morgan fingerprint density at radius 3 is 2.36 bits per heavy atom. The maximum atomic E-state index is 12.2. The second kappa shape index (κ2) is 8.61. The lowest BCUT2D eigenvalue weighted by Crippen LogP contribution is -2.50. The van der Waals surface area contributed by atoms with Gasteiger partial charge in [-0.3, -0.25) is 14.6 Å². The summed E-state index contributed by atoms with van der Waals surface area (Å²) in [6, 6.07) is 4.99. The number of aliphatic carboxylic acids is 1. The second-order valence-corrected chi connectivity index (χ2v) is 7.95. The molecule has 2 saturated heterocycles. The molecule has 28 heavy (non-hydrogen) atoms. The van der Waals surface area contributed by atoms with Crippen molar-refractivity contribution in [3.05, 3.63) is 35.5 Å². The SMILES string of the molecule is O=C(O)C(c1c[nH]c2ccc(CO)cc12)N1CCN(CCN2CCCC2)CC1. The largest absolute Gasteiger partial charge is 0.480 e. The minimum Gasteiger partial charge on any atom is -0.480 e. The highest BCUT2D eigenvalue weighted by molar-refractivity contribution is 5.89. The van der Waals surface area contributed by atoms with E-state index in [9.17, 15) is 15.0 Å². The molecular weight excluding hydrogens is 356 g/mol. The summed E-state index contributed by atoms with van der Waals surface area (Å²) < 4.78 is 0. The van der Waals surface area contributed by atoms with Gasteiger partial charge in [0.2, 0.25) is 0 Å². The van der Waals surface area contributed by atoms with Crippen molar-refractivity contribution in [1.29, 1.82) is 0 Å². The number of carboxylic acid groups (broad SMARTS) is 1. The lowest BCUT2D eigenvalue weighted by molar-refractivity contribution is -0.144. The van der Waals surface area contributed by atoms with Crippen molar-refractivity contribution in [1.82, 2.24) is 19.7 Å². The van der Waals surface area contributed by atoms with Crippen LogP contribution in [0.4, 0.5) is 0 Å². The molecule has 2 fully saturated rings. The van der Waals surface area contributed by atoms with Crippen LogP contribution >= 0.6 is 0 Å². The van der Waals surface area contributed by atoms with Crippen molar-refractivity contribution in [2.45, 2.75) is 25.5 Å². The molecule has 2 aromatic rings. The van der Waals surface area contributed by atoms with Crippen LogP contribution in [0.25, 0.3) is 10.9 Å². The molecule has 1 aromatic heterocycles. The topological polar surface area (TPSA) is 83.0 Å². The molecule has 0 spiro atoms. The van der Waals surface area contributed by atoms with Gasteiger partial charge in [0, 0.05) is 61.9 Å². The normalized spacial score (nSPS) is 20.8. The highest BCUT2D eigenvalue weighted by Crippen LogP contribution is 2.30. The fourth-order valence-corrected chi connectivity index (χ4v) is 4.53. The van der Waals surface area contributed by atoms with Crippen molar-refractivity contribution >= 4 is 16.9 Å². The zero-order chi connectivity index (χ0) is 19.5. The van der Waals surface area contributed by atoms with Crippen molar-refractivity contribution in [2.24, 2.45) is 0 Å². The average molecular weight is 386 g/mol. The van der Waals surface area contributed by atoms with Crippen molar-refractivity contribution < 1.29 is 15.0 Å². The summed E-state index contributed by atoms with van der Waals surface area (Å²) in [7, 11) is 0. The average Bonchev–Trinajstić information content (AvgIpc) is 3.37. The highest BCUT2D eigenvalue weighted by atomic mass is 16.4. The van der Waals surface area contributed by atoms with E-state index < -0.39 is 12.0 Å². The number of piperazine rings is 1. The predicted molar refractivity (Wildman–Crippen MR) is 108 cm³/mol. The fourth-order valence-electron chi connectivity index (χ4n) is 4.53. The van der Waals surface area contributed by atoms with Crippen LogP contribution in [0.1, 0.15) is 30.0 Å². The Labute approximate surface area is 165 Å². The number of aliphatic hydroxyl groups excluding tert-OH is 1. The monoisotopic (exact) mass is 386 g/mol. The number of aliphatic hydroxyl groups is 1. The van der Waals surface area contributed by atoms with Crippen molar-refractivity contribution in [3.63, 3.8) is 0 Å². The Morgan fingerprint density at radius 2 is 1.71 bits per heavy atom. The molecule has 0 amide bonds. The van der Waals surface area contributed by atoms with Gasteiger partial charge < -0.3 is 20.1 Å². The van der Waals surface area contributed by atoms with Crippen LogP contribution < -0.4 is 0 Å². The van der Waals surface area contributed by atoms with E-state index in [4.69, 9.17) is 0 Å². The molecule has 1 atom stereocenters. The summed E-state index contributed by atoms with van der Waals surface area (Å²) in [5.74, 6) is -0.819. The summed E-state index contributed by atoms with van der Waals surface area (Å²) in [5, 5.41) is 20.3. The summed E-state index contributed by atoms with van der Waals surface area (Å²) >= 11 is 0. The van der Waals surface area contributed by atoms with Crippen molar-refractivity contribution in [2.75, 3.05) is 52.4 Å². The molecule has 0 aliphatic carbocycles. The van der Waals surface area contributed by atoms with Crippen LogP contribution in [0.15, 0.2) is 24.4 Å². The molecule has 2 aliphatic rings. The first kappa shape index (κ1) is 19.4. The second-order valence-electron chi connectivity index (χ2n) is 7.95. The number of benzene rings is 1. The van der Waals surface area contributed by atoms with Crippen LogP contribution in [0.5, 0.6) is 0 Å². The lowest BCUT2D eigenvalue weighted by Gasteiger charge is -2.38. The number of hydrogen-bond acceptors (Lipinski definition) is 5. The Bertz CT molecular complexity index is 807. The molecule has 1 aromatic carbocycles. The lowest BCUT2D eigenvalue weighted by atomic mass is 10.0. The maximum Gasteiger partial charge on any atom is 0.325 e. The zero-order valence-electron chi connectivity index (χ0n) is 16.3. The third kappa shape index (κ3) is 4.07. The smallest absolute Gasteiger partial charge is 0.325 e. The van der Waals surface area contributed by atoms with E-state index in [2.05, 4.69) is 19.7 Å². The van der Waals surface area contributed by atoms with Crippen molar-refractivity contribution in [3.8, 4) is 0 Å². The molecular formula is C21H30N4O3. The molecule has 3 heterocycles. The number of fused-ring (bicyclic) bond motifs is 1. The fraction of sp³-hybridized carbons (Fsp3) is 0.571. The van der Waals surface area contributed by atoms with Crippen LogP contribution in [-0.2, 0) is 11.4 Å². The Balaban J connectivity index is 1.44. The van der Waals surface area contributed by atoms with Gasteiger partial charge in [-0.15, -0.1) is 0 Å². The number of nitrogens with one attached hydrogen (secondary N) is 1. The number of hydrogen-bond donors (Lipinski definition) is 3. The first-order valence-corrected chi connectivity index (χ1v) is 10.3.